The van der Waals surface area contributed by atoms with E-state index in [1.807, 2.05) is 0 Å². The molecule has 0 aromatic heterocycles. The van der Waals surface area contributed by atoms with E-state index >= 15 is 0 Å². The van der Waals surface area contributed by atoms with Crippen LogP contribution < -0.4 is 9.47 Å². The Bertz CT molecular complexity index is 1260. The predicted octanol–water partition coefficient (Wildman–Crippen LogP) is 5.78. The Morgan fingerprint density at radius 2 is 1.51 bits per heavy atom. The molecular formula is C29H30N4O4. The third-order valence-electron chi connectivity index (χ3n) is 7.42. The smallest absolute Gasteiger partial charge is 0.218 e. The highest BCUT2D eigenvalue weighted by molar-refractivity contribution is 5.90. The van der Waals surface area contributed by atoms with Crippen molar-refractivity contribution in [1.82, 2.24) is 0 Å². The van der Waals surface area contributed by atoms with Crippen LogP contribution in [0.4, 0.5) is 0 Å². The van der Waals surface area contributed by atoms with Crippen LogP contribution >= 0.6 is 0 Å². The molecule has 0 radical (unpaired) electrons. The summed E-state index contributed by atoms with van der Waals surface area (Å²) < 4.78 is 23.4. The lowest BCUT2D eigenvalue weighted by Crippen LogP contribution is -2.57. The van der Waals surface area contributed by atoms with Gasteiger partial charge in [-0.15, -0.1) is 0 Å². The number of ether oxygens (including phenoxy) is 4. The van der Waals surface area contributed by atoms with Gasteiger partial charge in [-0.25, -0.2) is 0 Å². The van der Waals surface area contributed by atoms with Crippen LogP contribution in [0.3, 0.4) is 0 Å². The topological polar surface area (TPSA) is 132 Å². The number of hydrogen-bond donors (Lipinski definition) is 1. The van der Waals surface area contributed by atoms with E-state index in [1.165, 1.54) is 6.42 Å². The average molecular weight is 499 g/mol. The summed E-state index contributed by atoms with van der Waals surface area (Å²) in [5.74, 6) is -1.53. The maximum Gasteiger partial charge on any atom is 0.218 e. The molecule has 2 aliphatic heterocycles. The molecule has 0 aliphatic carbocycles. The second-order valence-corrected chi connectivity index (χ2v) is 9.58. The first-order valence-corrected chi connectivity index (χ1v) is 12.4. The zero-order valence-electron chi connectivity index (χ0n) is 21.3. The molecule has 2 aromatic carbocycles. The number of fused-ring (bicyclic) bond motifs is 2. The first-order chi connectivity index (χ1) is 17.9. The van der Waals surface area contributed by atoms with Crippen LogP contribution in [0.5, 0.6) is 11.5 Å². The molecule has 0 saturated carbocycles. The lowest BCUT2D eigenvalue weighted by molar-refractivity contribution is -0.253. The van der Waals surface area contributed by atoms with Crippen LogP contribution in [0.15, 0.2) is 48.5 Å². The van der Waals surface area contributed by atoms with Crippen molar-refractivity contribution < 1.29 is 18.9 Å². The van der Waals surface area contributed by atoms with Gasteiger partial charge in [0.2, 0.25) is 17.1 Å². The summed E-state index contributed by atoms with van der Waals surface area (Å²) >= 11 is 0. The van der Waals surface area contributed by atoms with Crippen LogP contribution in [-0.4, -0.2) is 25.4 Å². The molecule has 190 valence electrons. The lowest BCUT2D eigenvalue weighted by Gasteiger charge is -2.48. The van der Waals surface area contributed by atoms with Gasteiger partial charge < -0.3 is 18.9 Å². The maximum atomic E-state index is 10.6. The largest absolute Gasteiger partial charge is 0.497 e. The number of benzene rings is 2. The SMILES string of the molecule is CCCCCCOc1ccc(C2OC3(C)OC(=N)C(C#N)(C3c3ccc(OC)cc3)C2(C#N)C#N)cc1. The van der Waals surface area contributed by atoms with Crippen molar-refractivity contribution >= 4 is 5.90 Å². The molecule has 2 saturated heterocycles. The number of nitriles is 3. The minimum absolute atomic E-state index is 0.448. The van der Waals surface area contributed by atoms with Gasteiger partial charge in [0, 0.05) is 6.92 Å². The highest BCUT2D eigenvalue weighted by Crippen LogP contribution is 2.69. The Labute approximate surface area is 217 Å². The van der Waals surface area contributed by atoms with Crippen molar-refractivity contribution in [3.63, 3.8) is 0 Å². The molecule has 4 rings (SSSR count). The van der Waals surface area contributed by atoms with Gasteiger partial charge >= 0.3 is 0 Å². The van der Waals surface area contributed by atoms with Gasteiger partial charge in [0.05, 0.1) is 37.8 Å². The quantitative estimate of drug-likeness (QED) is 0.434. The Balaban J connectivity index is 1.74. The molecule has 1 N–H and O–H groups in total. The predicted molar refractivity (Wildman–Crippen MR) is 135 cm³/mol. The Morgan fingerprint density at radius 3 is 2.08 bits per heavy atom. The first kappa shape index (κ1) is 26.0. The van der Waals surface area contributed by atoms with E-state index in [4.69, 9.17) is 24.4 Å². The lowest BCUT2D eigenvalue weighted by atomic mass is 9.52. The molecular weight excluding hydrogens is 468 g/mol. The van der Waals surface area contributed by atoms with Crippen LogP contribution in [0, 0.1) is 50.2 Å². The van der Waals surface area contributed by atoms with Gasteiger partial charge in [-0.1, -0.05) is 50.5 Å². The molecule has 2 heterocycles. The third kappa shape index (κ3) is 3.97. The molecule has 2 aliphatic rings. The van der Waals surface area contributed by atoms with Gasteiger partial charge in [0.15, 0.2) is 5.41 Å². The molecule has 0 spiro atoms. The van der Waals surface area contributed by atoms with Gasteiger partial charge in [-0.2, -0.15) is 15.8 Å². The van der Waals surface area contributed by atoms with E-state index in [9.17, 15) is 15.8 Å². The number of hydrogen-bond acceptors (Lipinski definition) is 8. The summed E-state index contributed by atoms with van der Waals surface area (Å²) in [5.41, 5.74) is -2.83. The van der Waals surface area contributed by atoms with Crippen LogP contribution in [0.25, 0.3) is 0 Å². The van der Waals surface area contributed by atoms with Gasteiger partial charge in [-0.05, 0) is 41.8 Å². The fourth-order valence-electron chi connectivity index (χ4n) is 5.54. The van der Waals surface area contributed by atoms with Crippen molar-refractivity contribution in [2.75, 3.05) is 13.7 Å². The van der Waals surface area contributed by atoms with Crippen molar-refractivity contribution in [2.24, 2.45) is 10.8 Å². The van der Waals surface area contributed by atoms with E-state index in [1.54, 1.807) is 62.6 Å². The molecule has 8 heteroatoms. The van der Waals surface area contributed by atoms with Gasteiger partial charge in [-0.3, -0.25) is 5.41 Å². The fraction of sp³-hybridized carbons (Fsp3) is 0.448. The maximum absolute atomic E-state index is 10.6. The van der Waals surface area contributed by atoms with E-state index in [0.29, 0.717) is 29.2 Å². The zero-order chi connectivity index (χ0) is 26.7. The normalized spacial score (nSPS) is 27.3. The number of methoxy groups -OCH3 is 1. The molecule has 2 aromatic rings. The van der Waals surface area contributed by atoms with Crippen LogP contribution in [0.1, 0.15) is 62.7 Å². The highest BCUT2D eigenvalue weighted by atomic mass is 16.7. The van der Waals surface area contributed by atoms with E-state index < -0.39 is 34.5 Å². The van der Waals surface area contributed by atoms with Crippen LogP contribution in [-0.2, 0) is 9.47 Å². The minimum atomic E-state index is -2.05. The molecule has 37 heavy (non-hydrogen) atoms. The number of rotatable bonds is 9. The van der Waals surface area contributed by atoms with Crippen molar-refractivity contribution in [3.05, 3.63) is 59.7 Å². The molecule has 4 atom stereocenters. The summed E-state index contributed by atoms with van der Waals surface area (Å²) in [6.07, 6.45) is 3.25. The number of nitrogens with one attached hydrogen (secondary N) is 1. The van der Waals surface area contributed by atoms with Crippen molar-refractivity contribution in [1.29, 1.82) is 21.2 Å². The Kier molecular flexibility index (Phi) is 7.12. The Morgan fingerprint density at radius 1 is 0.892 bits per heavy atom. The second-order valence-electron chi connectivity index (χ2n) is 9.58. The summed E-state index contributed by atoms with van der Waals surface area (Å²) in [6, 6.07) is 20.3. The summed E-state index contributed by atoms with van der Waals surface area (Å²) in [4.78, 5) is 0. The van der Waals surface area contributed by atoms with Crippen molar-refractivity contribution in [2.45, 2.75) is 57.3 Å². The fourth-order valence-corrected chi connectivity index (χ4v) is 5.54. The van der Waals surface area contributed by atoms with E-state index in [2.05, 4.69) is 25.1 Å². The number of nitrogens with zero attached hydrogens (tertiary/aromatic N) is 3. The number of unbranched alkanes of at least 4 members (excludes halogenated alkanes) is 3. The highest BCUT2D eigenvalue weighted by Gasteiger charge is 2.79. The van der Waals surface area contributed by atoms with Crippen LogP contribution in [0.2, 0.25) is 0 Å². The second kappa shape index (κ2) is 10.1. The minimum Gasteiger partial charge on any atom is -0.497 e. The summed E-state index contributed by atoms with van der Waals surface area (Å²) in [5, 5.41) is 40.2. The zero-order valence-corrected chi connectivity index (χ0v) is 21.3. The van der Waals surface area contributed by atoms with Gasteiger partial charge in [0.25, 0.3) is 0 Å². The average Bonchev–Trinajstić information content (AvgIpc) is 3.11. The molecule has 8 nitrogen and oxygen atoms in total. The molecule has 4 unspecified atom stereocenters. The van der Waals surface area contributed by atoms with E-state index in [-0.39, 0.29) is 0 Å². The molecule has 2 bridgehead atoms. The summed E-state index contributed by atoms with van der Waals surface area (Å²) in [6.45, 7) is 4.41. The Hall–Kier alpha value is -4.06. The van der Waals surface area contributed by atoms with E-state index in [0.717, 1.165) is 19.3 Å². The first-order valence-electron chi connectivity index (χ1n) is 12.4. The molecule has 0 amide bonds. The van der Waals surface area contributed by atoms with Gasteiger partial charge in [0.1, 0.15) is 17.6 Å². The van der Waals surface area contributed by atoms with Crippen molar-refractivity contribution in [3.8, 4) is 29.7 Å². The molecule has 2 fully saturated rings. The standard InChI is InChI=1S/C29H30N4O4/c1-4-5-6-7-16-35-23-14-10-21(11-15-23)25-28(17-30,18-31)29(19-32)24(27(2,36-25)37-26(29)33)20-8-12-22(34-3)13-9-20/h8-15,24-25,33H,4-7,16H2,1-3H3. The monoisotopic (exact) mass is 498 g/mol. The summed E-state index contributed by atoms with van der Waals surface area (Å²) in [7, 11) is 1.54. The third-order valence-corrected chi connectivity index (χ3v) is 7.42.